The second kappa shape index (κ2) is 6.92. The van der Waals surface area contributed by atoms with Gasteiger partial charge in [-0.2, -0.15) is 0 Å². The number of methoxy groups -OCH3 is 4. The first kappa shape index (κ1) is 17.5. The minimum absolute atomic E-state index is 0.281. The number of carbonyl (C=O) groups is 2. The van der Waals surface area contributed by atoms with Gasteiger partial charge in [0.1, 0.15) is 0 Å². The van der Waals surface area contributed by atoms with Crippen molar-refractivity contribution in [2.45, 2.75) is 0 Å². The van der Waals surface area contributed by atoms with E-state index in [4.69, 9.17) is 18.9 Å². The second-order valence-electron chi connectivity index (χ2n) is 5.56. The summed E-state index contributed by atoms with van der Waals surface area (Å²) in [6.45, 7) is 0. The average Bonchev–Trinajstić information content (AvgIpc) is 2.70. The Kier molecular flexibility index (Phi) is 4.67. The number of hydrogen-bond donors (Lipinski definition) is 0. The summed E-state index contributed by atoms with van der Waals surface area (Å²) in [6.07, 6.45) is 0. The van der Waals surface area contributed by atoms with E-state index >= 15 is 0 Å². The van der Waals surface area contributed by atoms with Crippen molar-refractivity contribution in [3.8, 4) is 11.5 Å². The lowest BCUT2D eigenvalue weighted by Gasteiger charge is -2.15. The Morgan fingerprint density at radius 2 is 1.35 bits per heavy atom. The monoisotopic (exact) mass is 354 g/mol. The van der Waals surface area contributed by atoms with Crippen molar-refractivity contribution in [1.82, 2.24) is 0 Å². The third-order valence-corrected chi connectivity index (χ3v) is 4.29. The maximum atomic E-state index is 12.4. The minimum Gasteiger partial charge on any atom is -0.493 e. The van der Waals surface area contributed by atoms with Crippen molar-refractivity contribution in [3.63, 3.8) is 0 Å². The zero-order chi connectivity index (χ0) is 18.8. The van der Waals surface area contributed by atoms with Crippen LogP contribution in [-0.4, -0.2) is 40.4 Å². The number of ether oxygens (including phenoxy) is 4. The number of hydrogen-bond acceptors (Lipinski definition) is 6. The van der Waals surface area contributed by atoms with Crippen molar-refractivity contribution < 1.29 is 28.5 Å². The van der Waals surface area contributed by atoms with E-state index in [0.29, 0.717) is 27.8 Å². The molecule has 134 valence electrons. The lowest BCUT2D eigenvalue weighted by atomic mass is 9.93. The van der Waals surface area contributed by atoms with E-state index in [1.165, 1.54) is 14.2 Å². The Labute approximate surface area is 150 Å². The summed E-state index contributed by atoms with van der Waals surface area (Å²) < 4.78 is 20.5. The molecule has 0 aromatic heterocycles. The van der Waals surface area contributed by atoms with Gasteiger partial charge >= 0.3 is 11.9 Å². The molecule has 3 aromatic rings. The van der Waals surface area contributed by atoms with E-state index in [9.17, 15) is 9.59 Å². The lowest BCUT2D eigenvalue weighted by Crippen LogP contribution is -2.08. The van der Waals surface area contributed by atoms with Gasteiger partial charge in [-0.15, -0.1) is 0 Å². The zero-order valence-electron chi connectivity index (χ0n) is 14.9. The van der Waals surface area contributed by atoms with Crippen LogP contribution in [0.25, 0.3) is 21.5 Å². The summed E-state index contributed by atoms with van der Waals surface area (Å²) in [5.41, 5.74) is 0.574. The molecule has 0 aliphatic carbocycles. The molecule has 0 fully saturated rings. The summed E-state index contributed by atoms with van der Waals surface area (Å²) >= 11 is 0. The normalized spacial score (nSPS) is 10.6. The van der Waals surface area contributed by atoms with Gasteiger partial charge in [0.2, 0.25) is 0 Å². The Hall–Kier alpha value is -3.28. The van der Waals surface area contributed by atoms with E-state index in [-0.39, 0.29) is 5.56 Å². The topological polar surface area (TPSA) is 71.1 Å². The van der Waals surface area contributed by atoms with E-state index < -0.39 is 11.9 Å². The molecule has 0 amide bonds. The first-order valence-electron chi connectivity index (χ1n) is 7.83. The largest absolute Gasteiger partial charge is 0.493 e. The van der Waals surface area contributed by atoms with Crippen LogP contribution in [0, 0.1) is 0 Å². The molecule has 0 aliphatic heterocycles. The molecular formula is C20H18O6. The van der Waals surface area contributed by atoms with Gasteiger partial charge in [-0.3, -0.25) is 0 Å². The van der Waals surface area contributed by atoms with Gasteiger partial charge in [0.25, 0.3) is 0 Å². The lowest BCUT2D eigenvalue weighted by molar-refractivity contribution is 0.0601. The van der Waals surface area contributed by atoms with Gasteiger partial charge in [-0.25, -0.2) is 9.59 Å². The molecule has 0 aliphatic rings. The van der Waals surface area contributed by atoms with Crippen LogP contribution < -0.4 is 9.47 Å². The quantitative estimate of drug-likeness (QED) is 0.527. The van der Waals surface area contributed by atoms with E-state index in [2.05, 4.69) is 0 Å². The van der Waals surface area contributed by atoms with Crippen molar-refractivity contribution in [1.29, 1.82) is 0 Å². The third kappa shape index (κ3) is 2.69. The number of rotatable bonds is 4. The first-order valence-corrected chi connectivity index (χ1v) is 7.83. The molecule has 3 aromatic carbocycles. The van der Waals surface area contributed by atoms with Gasteiger partial charge < -0.3 is 18.9 Å². The van der Waals surface area contributed by atoms with Gasteiger partial charge in [-0.1, -0.05) is 12.1 Å². The molecular weight excluding hydrogens is 336 g/mol. The maximum Gasteiger partial charge on any atom is 0.338 e. The van der Waals surface area contributed by atoms with Crippen LogP contribution in [0.4, 0.5) is 0 Å². The molecule has 0 saturated carbocycles. The third-order valence-electron chi connectivity index (χ3n) is 4.29. The molecule has 0 N–H and O–H groups in total. The van der Waals surface area contributed by atoms with E-state index in [1.807, 2.05) is 12.1 Å². The smallest absolute Gasteiger partial charge is 0.338 e. The highest BCUT2D eigenvalue weighted by atomic mass is 16.5. The fourth-order valence-electron chi connectivity index (χ4n) is 3.09. The SMILES string of the molecule is COC(=O)c1cccc2c1c(C(=O)OC)cc1cc(OC)c(OC)cc12. The molecule has 0 bridgehead atoms. The van der Waals surface area contributed by atoms with Crippen molar-refractivity contribution in [2.24, 2.45) is 0 Å². The van der Waals surface area contributed by atoms with Crippen LogP contribution in [0.2, 0.25) is 0 Å². The van der Waals surface area contributed by atoms with Crippen LogP contribution in [0.15, 0.2) is 36.4 Å². The number of carbonyl (C=O) groups excluding carboxylic acids is 2. The highest BCUT2D eigenvalue weighted by Gasteiger charge is 2.21. The maximum absolute atomic E-state index is 12.4. The summed E-state index contributed by atoms with van der Waals surface area (Å²) in [6, 6.07) is 10.5. The van der Waals surface area contributed by atoms with Crippen LogP contribution in [0.1, 0.15) is 20.7 Å². The highest BCUT2D eigenvalue weighted by Crippen LogP contribution is 2.38. The summed E-state index contributed by atoms with van der Waals surface area (Å²) in [5.74, 6) is 0.0264. The Morgan fingerprint density at radius 3 is 1.96 bits per heavy atom. The molecule has 0 spiro atoms. The van der Waals surface area contributed by atoms with Crippen LogP contribution >= 0.6 is 0 Å². The fourth-order valence-corrected chi connectivity index (χ4v) is 3.09. The van der Waals surface area contributed by atoms with E-state index in [0.717, 1.165) is 10.8 Å². The highest BCUT2D eigenvalue weighted by molar-refractivity contribution is 6.21. The number of esters is 2. The standard InChI is InChI=1S/C20H18O6/c1-23-16-9-11-8-15(20(22)26-4)18-12(14(11)10-17(16)24-2)6-5-7-13(18)19(21)25-3/h5-10H,1-4H3. The Morgan fingerprint density at radius 1 is 0.731 bits per heavy atom. The van der Waals surface area contributed by atoms with Gasteiger partial charge in [-0.05, 0) is 40.4 Å². The molecule has 6 heteroatoms. The van der Waals surface area contributed by atoms with Crippen LogP contribution in [0.5, 0.6) is 11.5 Å². The predicted molar refractivity (Wildman–Crippen MR) is 97.2 cm³/mol. The van der Waals surface area contributed by atoms with E-state index in [1.54, 1.807) is 38.5 Å². The van der Waals surface area contributed by atoms with Crippen LogP contribution in [0.3, 0.4) is 0 Å². The van der Waals surface area contributed by atoms with Crippen molar-refractivity contribution in [2.75, 3.05) is 28.4 Å². The molecule has 0 atom stereocenters. The molecule has 0 unspecified atom stereocenters. The van der Waals surface area contributed by atoms with Gasteiger partial charge in [0.15, 0.2) is 11.5 Å². The molecule has 0 saturated heterocycles. The molecule has 0 radical (unpaired) electrons. The number of fused-ring (bicyclic) bond motifs is 3. The van der Waals surface area contributed by atoms with Crippen molar-refractivity contribution in [3.05, 3.63) is 47.5 Å². The minimum atomic E-state index is -0.539. The Balaban J connectivity index is 2.52. The van der Waals surface area contributed by atoms with Gasteiger partial charge in [0.05, 0.1) is 39.6 Å². The van der Waals surface area contributed by atoms with Gasteiger partial charge in [0, 0.05) is 5.39 Å². The molecule has 6 nitrogen and oxygen atoms in total. The zero-order valence-corrected chi connectivity index (χ0v) is 14.9. The summed E-state index contributed by atoms with van der Waals surface area (Å²) in [7, 11) is 5.69. The molecule has 26 heavy (non-hydrogen) atoms. The molecule has 0 heterocycles. The first-order chi connectivity index (χ1) is 12.5. The van der Waals surface area contributed by atoms with Crippen LogP contribution in [-0.2, 0) is 9.47 Å². The molecule has 3 rings (SSSR count). The summed E-state index contributed by atoms with van der Waals surface area (Å²) in [4.78, 5) is 24.6. The Bertz CT molecular complexity index is 1020. The average molecular weight is 354 g/mol. The van der Waals surface area contributed by atoms with Crippen molar-refractivity contribution >= 4 is 33.5 Å². The second-order valence-corrected chi connectivity index (χ2v) is 5.56. The summed E-state index contributed by atoms with van der Waals surface area (Å²) in [5, 5.41) is 2.77. The number of benzene rings is 3. The fraction of sp³-hybridized carbons (Fsp3) is 0.200. The predicted octanol–water partition coefficient (Wildman–Crippen LogP) is 3.58.